The Kier molecular flexibility index (Phi) is 4.49. The molecule has 1 aromatic heterocycles. The molecule has 2 heterocycles. The quantitative estimate of drug-likeness (QED) is 0.929. The molecule has 1 aromatic carbocycles. The number of anilines is 2. The van der Waals surface area contributed by atoms with Gasteiger partial charge >= 0.3 is 0 Å². The monoisotopic (exact) mass is 329 g/mol. The van der Waals surface area contributed by atoms with E-state index in [1.54, 1.807) is 31.5 Å². The lowest BCUT2D eigenvalue weighted by atomic mass is 10.2. The topological polar surface area (TPSA) is 74.1 Å². The zero-order valence-electron chi connectivity index (χ0n) is 12.7. The van der Waals surface area contributed by atoms with Gasteiger partial charge in [-0.25, -0.2) is 4.98 Å². The van der Waals surface area contributed by atoms with Gasteiger partial charge in [-0.2, -0.15) is 10.2 Å². The van der Waals surface area contributed by atoms with E-state index < -0.39 is 0 Å². The van der Waals surface area contributed by atoms with Crippen LogP contribution in [0.4, 0.5) is 11.6 Å². The van der Waals surface area contributed by atoms with Crippen molar-refractivity contribution < 1.29 is 4.74 Å². The van der Waals surface area contributed by atoms with Gasteiger partial charge in [-0.05, 0) is 24.6 Å². The molecule has 0 bridgehead atoms. The van der Waals surface area contributed by atoms with Crippen LogP contribution in [-0.4, -0.2) is 36.2 Å². The first-order chi connectivity index (χ1) is 11.2. The van der Waals surface area contributed by atoms with Gasteiger partial charge in [-0.3, -0.25) is 0 Å². The Hall–Kier alpha value is -2.52. The molecular weight excluding hydrogens is 314 g/mol. The molecule has 1 aliphatic heterocycles. The van der Waals surface area contributed by atoms with Crippen molar-refractivity contribution >= 4 is 23.2 Å². The number of benzene rings is 1. The molecule has 2 aromatic rings. The van der Waals surface area contributed by atoms with E-state index in [1.165, 1.54) is 0 Å². The van der Waals surface area contributed by atoms with Crippen molar-refractivity contribution in [2.45, 2.75) is 12.5 Å². The maximum Gasteiger partial charge on any atom is 0.226 e. The zero-order valence-corrected chi connectivity index (χ0v) is 13.4. The molecule has 3 rings (SSSR count). The normalized spacial score (nSPS) is 16.9. The van der Waals surface area contributed by atoms with Gasteiger partial charge in [0.25, 0.3) is 0 Å². The number of hydrogen-bond acceptors (Lipinski definition) is 6. The van der Waals surface area contributed by atoms with Gasteiger partial charge in [0.05, 0.1) is 29.5 Å². The number of nitriles is 1. The first kappa shape index (κ1) is 15.4. The Morgan fingerprint density at radius 1 is 1.43 bits per heavy atom. The lowest BCUT2D eigenvalue weighted by molar-refractivity contribution is 0.397. The van der Waals surface area contributed by atoms with Crippen LogP contribution in [0.25, 0.3) is 0 Å². The average molecular weight is 330 g/mol. The molecule has 118 valence electrons. The van der Waals surface area contributed by atoms with Crippen molar-refractivity contribution in [3.63, 3.8) is 0 Å². The van der Waals surface area contributed by atoms with Crippen molar-refractivity contribution in [3.05, 3.63) is 41.0 Å². The highest BCUT2D eigenvalue weighted by Gasteiger charge is 2.24. The van der Waals surface area contributed by atoms with Crippen LogP contribution in [0.5, 0.6) is 5.88 Å². The number of rotatable bonds is 4. The van der Waals surface area contributed by atoms with Gasteiger partial charge in [-0.1, -0.05) is 11.6 Å². The summed E-state index contributed by atoms with van der Waals surface area (Å²) in [6, 6.07) is 9.41. The largest absolute Gasteiger partial charge is 0.481 e. The fourth-order valence-corrected chi connectivity index (χ4v) is 2.94. The SMILES string of the molecule is COc1ccnc(NC2CCN(c3ccc(C#N)cc3Cl)C2)n1. The van der Waals surface area contributed by atoms with Crippen LogP contribution < -0.4 is 15.0 Å². The predicted molar refractivity (Wildman–Crippen MR) is 89.0 cm³/mol. The molecule has 1 aliphatic rings. The second-order valence-electron chi connectivity index (χ2n) is 5.28. The van der Waals surface area contributed by atoms with Crippen LogP contribution in [-0.2, 0) is 0 Å². The summed E-state index contributed by atoms with van der Waals surface area (Å²) in [5, 5.41) is 12.8. The minimum absolute atomic E-state index is 0.230. The third-order valence-electron chi connectivity index (χ3n) is 3.78. The second-order valence-corrected chi connectivity index (χ2v) is 5.68. The van der Waals surface area contributed by atoms with Crippen LogP contribution in [0.2, 0.25) is 5.02 Å². The van der Waals surface area contributed by atoms with E-state index in [4.69, 9.17) is 21.6 Å². The van der Waals surface area contributed by atoms with Crippen molar-refractivity contribution in [3.8, 4) is 11.9 Å². The molecule has 0 saturated carbocycles. The van der Waals surface area contributed by atoms with E-state index in [-0.39, 0.29) is 6.04 Å². The minimum atomic E-state index is 0.230. The molecule has 6 nitrogen and oxygen atoms in total. The predicted octanol–water partition coefficient (Wildman–Crippen LogP) is 2.70. The molecule has 0 spiro atoms. The van der Waals surface area contributed by atoms with E-state index in [0.29, 0.717) is 22.4 Å². The molecule has 1 N–H and O–H groups in total. The maximum absolute atomic E-state index is 8.91. The summed E-state index contributed by atoms with van der Waals surface area (Å²) in [5.41, 5.74) is 1.51. The lowest BCUT2D eigenvalue weighted by Crippen LogP contribution is -2.26. The van der Waals surface area contributed by atoms with Gasteiger partial charge in [-0.15, -0.1) is 0 Å². The van der Waals surface area contributed by atoms with Crippen molar-refractivity contribution in [1.29, 1.82) is 5.26 Å². The van der Waals surface area contributed by atoms with Gasteiger partial charge in [0, 0.05) is 31.4 Å². The number of aromatic nitrogens is 2. The maximum atomic E-state index is 8.91. The average Bonchev–Trinajstić information content (AvgIpc) is 3.03. The lowest BCUT2D eigenvalue weighted by Gasteiger charge is -2.20. The van der Waals surface area contributed by atoms with E-state index in [0.717, 1.165) is 25.2 Å². The van der Waals surface area contributed by atoms with E-state index in [9.17, 15) is 0 Å². The van der Waals surface area contributed by atoms with Crippen molar-refractivity contribution in [2.24, 2.45) is 0 Å². The Balaban J connectivity index is 1.67. The fraction of sp³-hybridized carbons (Fsp3) is 0.312. The molecule has 0 amide bonds. The molecule has 0 radical (unpaired) electrons. The zero-order chi connectivity index (χ0) is 16.2. The van der Waals surface area contributed by atoms with Crippen LogP contribution >= 0.6 is 11.6 Å². The summed E-state index contributed by atoms with van der Waals surface area (Å²) in [7, 11) is 1.58. The molecule has 23 heavy (non-hydrogen) atoms. The summed E-state index contributed by atoms with van der Waals surface area (Å²) < 4.78 is 5.10. The van der Waals surface area contributed by atoms with Gasteiger partial charge in [0.1, 0.15) is 0 Å². The number of ether oxygens (including phenoxy) is 1. The second kappa shape index (κ2) is 6.71. The Bertz CT molecular complexity index is 745. The summed E-state index contributed by atoms with van der Waals surface area (Å²) in [6.07, 6.45) is 2.62. The molecular formula is C16H16ClN5O. The first-order valence-electron chi connectivity index (χ1n) is 7.28. The smallest absolute Gasteiger partial charge is 0.226 e. The van der Waals surface area contributed by atoms with Crippen LogP contribution in [0.1, 0.15) is 12.0 Å². The number of halogens is 1. The summed E-state index contributed by atoms with van der Waals surface area (Å²) >= 11 is 6.28. The Labute approximate surface area is 139 Å². The highest BCUT2D eigenvalue weighted by Crippen LogP contribution is 2.30. The third-order valence-corrected chi connectivity index (χ3v) is 4.08. The number of nitrogens with zero attached hydrogens (tertiary/aromatic N) is 4. The van der Waals surface area contributed by atoms with Crippen LogP contribution in [0.3, 0.4) is 0 Å². The molecule has 1 atom stereocenters. The van der Waals surface area contributed by atoms with E-state index in [2.05, 4.69) is 26.3 Å². The molecule has 0 aliphatic carbocycles. The van der Waals surface area contributed by atoms with E-state index in [1.807, 2.05) is 6.07 Å². The molecule has 1 saturated heterocycles. The van der Waals surface area contributed by atoms with E-state index >= 15 is 0 Å². The third kappa shape index (κ3) is 3.46. The summed E-state index contributed by atoms with van der Waals surface area (Å²) in [4.78, 5) is 10.7. The van der Waals surface area contributed by atoms with Gasteiger partial charge in [0.2, 0.25) is 11.8 Å². The first-order valence-corrected chi connectivity index (χ1v) is 7.65. The highest BCUT2D eigenvalue weighted by atomic mass is 35.5. The van der Waals surface area contributed by atoms with Crippen molar-refractivity contribution in [1.82, 2.24) is 9.97 Å². The number of nitrogens with one attached hydrogen (secondary N) is 1. The van der Waals surface area contributed by atoms with Crippen LogP contribution in [0, 0.1) is 11.3 Å². The summed E-state index contributed by atoms with van der Waals surface area (Å²) in [6.45, 7) is 1.68. The number of methoxy groups -OCH3 is 1. The Morgan fingerprint density at radius 3 is 3.04 bits per heavy atom. The molecule has 7 heteroatoms. The fourth-order valence-electron chi connectivity index (χ4n) is 2.64. The van der Waals surface area contributed by atoms with Gasteiger partial charge < -0.3 is 15.0 Å². The highest BCUT2D eigenvalue weighted by molar-refractivity contribution is 6.33. The van der Waals surface area contributed by atoms with Crippen LogP contribution in [0.15, 0.2) is 30.5 Å². The number of hydrogen-bond donors (Lipinski definition) is 1. The Morgan fingerprint density at radius 2 is 2.30 bits per heavy atom. The minimum Gasteiger partial charge on any atom is -0.481 e. The van der Waals surface area contributed by atoms with Crippen molar-refractivity contribution in [2.75, 3.05) is 30.4 Å². The standard InChI is InChI=1S/C16H16ClN5O/c1-23-15-4-6-19-16(21-15)20-12-5-7-22(10-12)14-3-2-11(9-18)8-13(14)17/h2-4,6,8,12H,5,7,10H2,1H3,(H,19,20,21). The molecule has 1 fully saturated rings. The summed E-state index contributed by atoms with van der Waals surface area (Å²) in [5.74, 6) is 1.09. The van der Waals surface area contributed by atoms with Gasteiger partial charge in [0.15, 0.2) is 0 Å². The molecule has 1 unspecified atom stereocenters.